The van der Waals surface area contributed by atoms with Crippen LogP contribution in [0.2, 0.25) is 0 Å². The highest BCUT2D eigenvalue weighted by molar-refractivity contribution is 7.87. The average molecular weight is 214 g/mol. The van der Waals surface area contributed by atoms with Crippen LogP contribution >= 0.6 is 0 Å². The van der Waals surface area contributed by atoms with Crippen molar-refractivity contribution in [2.45, 2.75) is 61.9 Å². The van der Waals surface area contributed by atoms with Gasteiger partial charge in [-0.15, -0.1) is 0 Å². The molecule has 14 heavy (non-hydrogen) atoms. The Kier molecular flexibility index (Phi) is 3.37. The second-order valence-electron chi connectivity index (χ2n) is 4.44. The zero-order chi connectivity index (χ0) is 9.97. The van der Waals surface area contributed by atoms with E-state index in [2.05, 4.69) is 0 Å². The van der Waals surface area contributed by atoms with Crippen molar-refractivity contribution in [2.75, 3.05) is 0 Å². The SMILES string of the molecule is O=C1CCCCC1S(=O)C1CCCC1. The lowest BCUT2D eigenvalue weighted by atomic mass is 9.99. The Labute approximate surface area is 87.9 Å². The Morgan fingerprint density at radius 3 is 2.29 bits per heavy atom. The molecule has 0 bridgehead atoms. The van der Waals surface area contributed by atoms with Crippen LogP contribution in [0, 0.1) is 0 Å². The van der Waals surface area contributed by atoms with Gasteiger partial charge in [-0.05, 0) is 25.7 Å². The molecular weight excluding hydrogens is 196 g/mol. The predicted molar refractivity (Wildman–Crippen MR) is 57.7 cm³/mol. The van der Waals surface area contributed by atoms with Gasteiger partial charge < -0.3 is 0 Å². The molecule has 0 N–H and O–H groups in total. The van der Waals surface area contributed by atoms with E-state index in [0.717, 1.165) is 32.1 Å². The predicted octanol–water partition coefficient (Wildman–Crippen LogP) is 2.19. The van der Waals surface area contributed by atoms with Crippen LogP contribution < -0.4 is 0 Å². The minimum Gasteiger partial charge on any atom is -0.298 e. The Morgan fingerprint density at radius 2 is 1.64 bits per heavy atom. The Hall–Kier alpha value is -0.180. The van der Waals surface area contributed by atoms with Crippen LogP contribution in [0.15, 0.2) is 0 Å². The van der Waals surface area contributed by atoms with E-state index < -0.39 is 10.8 Å². The topological polar surface area (TPSA) is 34.1 Å². The molecule has 2 atom stereocenters. The van der Waals surface area contributed by atoms with Crippen molar-refractivity contribution < 1.29 is 9.00 Å². The van der Waals surface area contributed by atoms with Crippen molar-refractivity contribution in [3.8, 4) is 0 Å². The molecule has 80 valence electrons. The van der Waals surface area contributed by atoms with E-state index >= 15 is 0 Å². The van der Waals surface area contributed by atoms with Crippen molar-refractivity contribution in [1.29, 1.82) is 0 Å². The van der Waals surface area contributed by atoms with Crippen molar-refractivity contribution in [2.24, 2.45) is 0 Å². The first kappa shape index (κ1) is 10.3. The van der Waals surface area contributed by atoms with E-state index in [9.17, 15) is 9.00 Å². The van der Waals surface area contributed by atoms with E-state index in [1.54, 1.807) is 0 Å². The lowest BCUT2D eigenvalue weighted by Gasteiger charge is -2.22. The number of ketones is 1. The van der Waals surface area contributed by atoms with Crippen molar-refractivity contribution in [1.82, 2.24) is 0 Å². The van der Waals surface area contributed by atoms with Gasteiger partial charge in [0.15, 0.2) is 0 Å². The Bertz CT molecular complexity index is 244. The summed E-state index contributed by atoms with van der Waals surface area (Å²) in [6.45, 7) is 0. The van der Waals surface area contributed by atoms with Crippen LogP contribution in [0.1, 0.15) is 51.4 Å². The minimum atomic E-state index is -0.861. The average Bonchev–Trinajstić information content (AvgIpc) is 2.70. The molecule has 3 heteroatoms. The molecule has 0 aliphatic heterocycles. The summed E-state index contributed by atoms with van der Waals surface area (Å²) in [6.07, 6.45) is 8.22. The van der Waals surface area contributed by atoms with Crippen molar-refractivity contribution in [3.63, 3.8) is 0 Å². The molecule has 2 nitrogen and oxygen atoms in total. The molecule has 0 spiro atoms. The fourth-order valence-corrected chi connectivity index (χ4v) is 4.59. The smallest absolute Gasteiger partial charge is 0.148 e. The standard InChI is InChI=1S/C11H18O2S/c12-10-7-3-4-8-11(10)14(13)9-5-1-2-6-9/h9,11H,1-8H2. The van der Waals surface area contributed by atoms with E-state index in [1.807, 2.05) is 0 Å². The van der Waals surface area contributed by atoms with Crippen LogP contribution in [0.3, 0.4) is 0 Å². The summed E-state index contributed by atoms with van der Waals surface area (Å²) in [5.41, 5.74) is 0. The number of Topliss-reactive ketones (excluding diaryl/α,β-unsaturated/α-hetero) is 1. The van der Waals surface area contributed by atoms with Crippen molar-refractivity contribution >= 4 is 16.6 Å². The summed E-state index contributed by atoms with van der Waals surface area (Å²) in [7, 11) is -0.861. The highest BCUT2D eigenvalue weighted by Crippen LogP contribution is 2.29. The third kappa shape index (κ3) is 2.08. The first-order valence-electron chi connectivity index (χ1n) is 5.71. The van der Waals surface area contributed by atoms with Gasteiger partial charge in [0.1, 0.15) is 5.78 Å². The van der Waals surface area contributed by atoms with Crippen LogP contribution in [0.5, 0.6) is 0 Å². The van der Waals surface area contributed by atoms with E-state index in [4.69, 9.17) is 0 Å². The zero-order valence-electron chi connectivity index (χ0n) is 8.54. The molecule has 0 aromatic heterocycles. The lowest BCUT2D eigenvalue weighted by Crippen LogP contribution is -2.33. The molecule has 0 aromatic rings. The molecule has 0 aromatic carbocycles. The van der Waals surface area contributed by atoms with E-state index in [0.29, 0.717) is 11.7 Å². The van der Waals surface area contributed by atoms with Gasteiger partial charge >= 0.3 is 0 Å². The molecule has 0 heterocycles. The van der Waals surface area contributed by atoms with Gasteiger partial charge in [0.05, 0.1) is 5.25 Å². The largest absolute Gasteiger partial charge is 0.298 e. The molecule has 2 aliphatic carbocycles. The second kappa shape index (κ2) is 4.56. The van der Waals surface area contributed by atoms with Gasteiger partial charge in [-0.1, -0.05) is 19.3 Å². The van der Waals surface area contributed by atoms with Crippen molar-refractivity contribution in [3.05, 3.63) is 0 Å². The third-order valence-corrected chi connectivity index (χ3v) is 5.60. The highest BCUT2D eigenvalue weighted by atomic mass is 32.2. The minimum absolute atomic E-state index is 0.105. The van der Waals surface area contributed by atoms with Crippen LogP contribution in [0.4, 0.5) is 0 Å². The summed E-state index contributed by atoms with van der Waals surface area (Å²) in [4.78, 5) is 11.6. The van der Waals surface area contributed by atoms with Gasteiger partial charge in [-0.25, -0.2) is 0 Å². The monoisotopic (exact) mass is 214 g/mol. The molecule has 2 aliphatic rings. The Balaban J connectivity index is 1.98. The highest BCUT2D eigenvalue weighted by Gasteiger charge is 2.33. The molecular formula is C11H18O2S. The van der Waals surface area contributed by atoms with Gasteiger partial charge in [0, 0.05) is 22.5 Å². The zero-order valence-corrected chi connectivity index (χ0v) is 9.35. The van der Waals surface area contributed by atoms with E-state index in [1.165, 1.54) is 12.8 Å². The van der Waals surface area contributed by atoms with Crippen LogP contribution in [-0.2, 0) is 15.6 Å². The van der Waals surface area contributed by atoms with Gasteiger partial charge in [-0.2, -0.15) is 0 Å². The van der Waals surface area contributed by atoms with Crippen LogP contribution in [0.25, 0.3) is 0 Å². The van der Waals surface area contributed by atoms with Gasteiger partial charge in [0.2, 0.25) is 0 Å². The maximum Gasteiger partial charge on any atom is 0.148 e. The number of hydrogen-bond acceptors (Lipinski definition) is 2. The fraction of sp³-hybridized carbons (Fsp3) is 0.909. The maximum atomic E-state index is 12.1. The number of carbonyl (C=O) groups excluding carboxylic acids is 1. The molecule has 0 saturated heterocycles. The third-order valence-electron chi connectivity index (χ3n) is 3.41. The first-order chi connectivity index (χ1) is 6.79. The molecule has 2 fully saturated rings. The molecule has 0 amide bonds. The number of rotatable bonds is 2. The quantitative estimate of drug-likeness (QED) is 0.706. The molecule has 2 rings (SSSR count). The molecule has 0 radical (unpaired) electrons. The fourth-order valence-electron chi connectivity index (χ4n) is 2.55. The second-order valence-corrected chi connectivity index (χ2v) is 6.33. The lowest BCUT2D eigenvalue weighted by molar-refractivity contribution is -0.119. The van der Waals surface area contributed by atoms with Gasteiger partial charge in [-0.3, -0.25) is 9.00 Å². The molecule has 2 saturated carbocycles. The summed E-state index contributed by atoms with van der Waals surface area (Å²) in [5.74, 6) is 0.265. The number of hydrogen-bond donors (Lipinski definition) is 0. The summed E-state index contributed by atoms with van der Waals surface area (Å²) < 4.78 is 12.1. The van der Waals surface area contributed by atoms with E-state index in [-0.39, 0.29) is 11.0 Å². The Morgan fingerprint density at radius 1 is 1.00 bits per heavy atom. The summed E-state index contributed by atoms with van der Waals surface area (Å²) >= 11 is 0. The summed E-state index contributed by atoms with van der Waals surface area (Å²) in [6, 6.07) is 0. The molecule has 2 unspecified atom stereocenters. The maximum absolute atomic E-state index is 12.1. The number of carbonyl (C=O) groups is 1. The normalized spacial score (nSPS) is 32.0. The summed E-state index contributed by atoms with van der Waals surface area (Å²) in [5, 5.41) is 0.230. The van der Waals surface area contributed by atoms with Crippen LogP contribution in [-0.4, -0.2) is 20.5 Å². The first-order valence-corrected chi connectivity index (χ1v) is 6.99. The van der Waals surface area contributed by atoms with Gasteiger partial charge in [0.25, 0.3) is 0 Å².